The summed E-state index contributed by atoms with van der Waals surface area (Å²) in [6, 6.07) is 2.72. The van der Waals surface area contributed by atoms with Crippen molar-refractivity contribution >= 4 is 0 Å². The summed E-state index contributed by atoms with van der Waals surface area (Å²) in [6.07, 6.45) is 1.50. The third-order valence-corrected chi connectivity index (χ3v) is 0.510. The van der Waals surface area contributed by atoms with Gasteiger partial charge in [0.05, 0.1) is 0 Å². The maximum Gasteiger partial charge on any atom is 1.00 e. The van der Waals surface area contributed by atoms with E-state index in [1.807, 2.05) is 0 Å². The Bertz CT molecular complexity index is 115. The van der Waals surface area contributed by atoms with E-state index >= 15 is 0 Å². The predicted molar refractivity (Wildman–Crippen MR) is 20.1 cm³/mol. The molecule has 0 aliphatic carbocycles. The van der Waals surface area contributed by atoms with Crippen molar-refractivity contribution in [1.29, 1.82) is 0 Å². The van der Waals surface area contributed by atoms with Gasteiger partial charge in [-0.15, -0.1) is 11.4 Å². The van der Waals surface area contributed by atoms with Crippen molar-refractivity contribution in [2.75, 3.05) is 0 Å². The van der Waals surface area contributed by atoms with Crippen molar-refractivity contribution in [2.24, 2.45) is 0 Å². The van der Waals surface area contributed by atoms with Gasteiger partial charge in [0.1, 0.15) is 0 Å². The first-order valence-electron chi connectivity index (χ1n) is 1.68. The van der Waals surface area contributed by atoms with Crippen LogP contribution in [0.4, 0.5) is 0 Å². The number of aryl methyl sites for hydroxylation is 1. The van der Waals surface area contributed by atoms with Crippen molar-refractivity contribution in [3.8, 4) is 0 Å². The summed E-state index contributed by atoms with van der Waals surface area (Å²) in [5.41, 5.74) is 0. The zero-order valence-corrected chi connectivity index (χ0v) is 7.56. The van der Waals surface area contributed by atoms with Gasteiger partial charge in [-0.2, -0.15) is 0 Å². The van der Waals surface area contributed by atoms with Crippen LogP contribution in [0.2, 0.25) is 0 Å². The average molecular weight is 121 g/mol. The molecule has 1 rings (SSSR count). The molecule has 0 fully saturated rings. The Hall–Kier alpha value is 0.846. The predicted octanol–water partition coefficient (Wildman–Crippen LogP) is -2.21. The molecule has 2 nitrogen and oxygen atoms in total. The summed E-state index contributed by atoms with van der Waals surface area (Å²) >= 11 is 0. The van der Waals surface area contributed by atoms with Crippen LogP contribution in [0.5, 0.6) is 0 Å². The van der Waals surface area contributed by atoms with E-state index in [2.05, 4.69) is 15.7 Å². The van der Waals surface area contributed by atoms with E-state index in [1.165, 1.54) is 6.20 Å². The van der Waals surface area contributed by atoms with Gasteiger partial charge in [-0.3, -0.25) is 0 Å². The monoisotopic (exact) mass is 121 g/mol. The van der Waals surface area contributed by atoms with Gasteiger partial charge in [0.2, 0.25) is 0 Å². The fourth-order valence-corrected chi connectivity index (χ4v) is 0.249. The number of rotatable bonds is 0. The van der Waals surface area contributed by atoms with Gasteiger partial charge in [-0.25, -0.2) is 0 Å². The topological polar surface area (TPSA) is 26.0 Å². The van der Waals surface area contributed by atoms with Crippen molar-refractivity contribution in [1.82, 2.24) is 5.16 Å². The molecule has 7 heavy (non-hydrogen) atoms. The van der Waals surface area contributed by atoms with Gasteiger partial charge >= 0.3 is 51.4 Å². The average Bonchev–Trinajstić information content (AvgIpc) is 1.86. The van der Waals surface area contributed by atoms with Crippen molar-refractivity contribution < 1.29 is 55.9 Å². The fourth-order valence-electron chi connectivity index (χ4n) is 0.249. The molecule has 0 aliphatic rings. The van der Waals surface area contributed by atoms with Crippen LogP contribution in [-0.2, 0) is 0 Å². The minimum absolute atomic E-state index is 0. The van der Waals surface area contributed by atoms with Crippen LogP contribution < -0.4 is 51.4 Å². The smallest absolute Gasteiger partial charge is 0.406 e. The van der Waals surface area contributed by atoms with E-state index in [4.69, 9.17) is 0 Å². The van der Waals surface area contributed by atoms with Crippen LogP contribution in [0, 0.1) is 13.0 Å². The molecular formula is C4H4KNO. The quantitative estimate of drug-likeness (QED) is 0.287. The van der Waals surface area contributed by atoms with E-state index in [-0.39, 0.29) is 51.4 Å². The van der Waals surface area contributed by atoms with Crippen molar-refractivity contribution in [3.63, 3.8) is 0 Å². The normalized spacial score (nSPS) is 7.57. The molecule has 0 saturated heterocycles. The molecule has 0 radical (unpaired) electrons. The van der Waals surface area contributed by atoms with E-state index in [9.17, 15) is 0 Å². The van der Waals surface area contributed by atoms with Crippen LogP contribution in [-0.4, -0.2) is 5.16 Å². The summed E-state index contributed by atoms with van der Waals surface area (Å²) in [6.45, 7) is 1.80. The first-order valence-corrected chi connectivity index (χ1v) is 1.68. The maximum absolute atomic E-state index is 4.53. The summed E-state index contributed by atoms with van der Waals surface area (Å²) in [5.74, 6) is 0.731. The molecule has 1 aromatic heterocycles. The van der Waals surface area contributed by atoms with Crippen LogP contribution in [0.25, 0.3) is 0 Å². The van der Waals surface area contributed by atoms with Crippen LogP contribution in [0.15, 0.2) is 10.7 Å². The summed E-state index contributed by atoms with van der Waals surface area (Å²) in [4.78, 5) is 0. The second-order valence-corrected chi connectivity index (χ2v) is 1.03. The minimum Gasteiger partial charge on any atom is -0.406 e. The van der Waals surface area contributed by atoms with E-state index in [0.717, 1.165) is 5.76 Å². The molecule has 0 bridgehead atoms. The standard InChI is InChI=1S/C4H4NO.K/c1-4-2-3-5-6-4;/h3H,1H3;/q-1;+1. The van der Waals surface area contributed by atoms with E-state index < -0.39 is 0 Å². The Labute approximate surface area is 84.7 Å². The molecule has 0 saturated carbocycles. The van der Waals surface area contributed by atoms with Crippen molar-refractivity contribution in [3.05, 3.63) is 18.0 Å². The van der Waals surface area contributed by atoms with Crippen LogP contribution >= 0.6 is 0 Å². The Balaban J connectivity index is 0.000000360. The van der Waals surface area contributed by atoms with Crippen LogP contribution in [0.3, 0.4) is 0 Å². The summed E-state index contributed by atoms with van der Waals surface area (Å²) in [7, 11) is 0. The Morgan fingerprint density at radius 1 is 1.86 bits per heavy atom. The van der Waals surface area contributed by atoms with Gasteiger partial charge in [-0.05, 0) is 12.7 Å². The molecule has 0 amide bonds. The third-order valence-electron chi connectivity index (χ3n) is 0.510. The summed E-state index contributed by atoms with van der Waals surface area (Å²) in [5, 5.41) is 3.39. The molecule has 32 valence electrons. The molecule has 0 spiro atoms. The van der Waals surface area contributed by atoms with Crippen molar-refractivity contribution in [2.45, 2.75) is 6.92 Å². The first-order chi connectivity index (χ1) is 2.89. The third kappa shape index (κ3) is 2.61. The summed E-state index contributed by atoms with van der Waals surface area (Å²) < 4.78 is 4.53. The Kier molecular flexibility index (Phi) is 4.26. The zero-order valence-electron chi connectivity index (χ0n) is 4.43. The SMILES string of the molecule is Cc1[c-]cno1.[K+]. The molecular weight excluding hydrogens is 117 g/mol. The molecule has 0 aromatic carbocycles. The number of nitrogens with zero attached hydrogens (tertiary/aromatic N) is 1. The van der Waals surface area contributed by atoms with Crippen LogP contribution in [0.1, 0.15) is 5.76 Å². The second kappa shape index (κ2) is 3.80. The Morgan fingerprint density at radius 2 is 2.57 bits per heavy atom. The molecule has 0 N–H and O–H groups in total. The van der Waals surface area contributed by atoms with Gasteiger partial charge in [0, 0.05) is 0 Å². The first kappa shape index (κ1) is 7.85. The van der Waals surface area contributed by atoms with Gasteiger partial charge < -0.3 is 10.6 Å². The van der Waals surface area contributed by atoms with E-state index in [0.29, 0.717) is 0 Å². The number of hydrogen-bond acceptors (Lipinski definition) is 2. The largest absolute Gasteiger partial charge is 1.00 e. The van der Waals surface area contributed by atoms with Gasteiger partial charge in [0.25, 0.3) is 0 Å². The van der Waals surface area contributed by atoms with Gasteiger partial charge in [-0.1, -0.05) is 0 Å². The minimum atomic E-state index is 0. The number of hydrogen-bond donors (Lipinski definition) is 0. The maximum atomic E-state index is 4.53. The molecule has 0 aliphatic heterocycles. The molecule has 0 unspecified atom stereocenters. The van der Waals surface area contributed by atoms with Gasteiger partial charge in [0.15, 0.2) is 0 Å². The Morgan fingerprint density at radius 3 is 2.71 bits per heavy atom. The van der Waals surface area contributed by atoms with E-state index in [1.54, 1.807) is 6.92 Å². The number of aromatic nitrogens is 1. The molecule has 1 aromatic rings. The molecule has 0 atom stereocenters. The second-order valence-electron chi connectivity index (χ2n) is 1.03. The molecule has 1 heterocycles. The fraction of sp³-hybridized carbons (Fsp3) is 0.250. The zero-order chi connectivity index (χ0) is 4.41. The molecule has 3 heteroatoms.